The smallest absolute Gasteiger partial charge is 0.270 e. The summed E-state index contributed by atoms with van der Waals surface area (Å²) in [5.74, 6) is -0.574. The van der Waals surface area contributed by atoms with Crippen molar-refractivity contribution < 1.29 is 20.1 Å². The molecular weight excluding hydrogens is 292 g/mol. The lowest BCUT2D eigenvalue weighted by Gasteiger charge is -2.28. The summed E-state index contributed by atoms with van der Waals surface area (Å²) in [5.41, 5.74) is -1.31. The number of carbonyl (C=O) groups excluding carboxylic acids is 1. The van der Waals surface area contributed by atoms with Crippen LogP contribution in [0.25, 0.3) is 0 Å². The number of carbonyl (C=O) groups is 1. The lowest BCUT2D eigenvalue weighted by atomic mass is 10.0. The molecule has 0 aromatic carbocycles. The summed E-state index contributed by atoms with van der Waals surface area (Å²) >= 11 is 3.18. The van der Waals surface area contributed by atoms with Crippen LogP contribution in [0.1, 0.15) is 10.5 Å². The number of amides is 1. The highest BCUT2D eigenvalue weighted by molar-refractivity contribution is 9.10. The molecular formula is C10H13BrN2O4. The molecule has 6 nitrogen and oxygen atoms in total. The molecule has 0 aliphatic carbocycles. The topological polar surface area (TPSA) is 103 Å². The standard InChI is InChI=1S/C10H13BrN2O4/c11-7-1-2-8(12-3-7)9(17)13-10(4-14,5-15)6-16/h1-3,14-16H,4-6H2,(H,13,17). The largest absolute Gasteiger partial charge is 0.394 e. The molecule has 1 aromatic rings. The van der Waals surface area contributed by atoms with Crippen LogP contribution in [0, 0.1) is 0 Å². The zero-order valence-electron chi connectivity index (χ0n) is 8.93. The van der Waals surface area contributed by atoms with Crippen molar-refractivity contribution >= 4 is 21.8 Å². The van der Waals surface area contributed by atoms with E-state index in [-0.39, 0.29) is 5.69 Å². The van der Waals surface area contributed by atoms with Gasteiger partial charge in [-0.25, -0.2) is 4.98 Å². The molecule has 0 bridgehead atoms. The average Bonchev–Trinajstić information content (AvgIpc) is 2.37. The van der Waals surface area contributed by atoms with Crippen LogP contribution in [0.5, 0.6) is 0 Å². The molecule has 0 aliphatic heterocycles. The number of hydrogen-bond donors (Lipinski definition) is 4. The fourth-order valence-electron chi connectivity index (χ4n) is 1.08. The van der Waals surface area contributed by atoms with Crippen molar-refractivity contribution in [2.45, 2.75) is 5.54 Å². The Kier molecular flexibility index (Phi) is 5.01. The van der Waals surface area contributed by atoms with Gasteiger partial charge in [-0.1, -0.05) is 0 Å². The van der Waals surface area contributed by atoms with E-state index in [9.17, 15) is 4.79 Å². The van der Waals surface area contributed by atoms with Crippen LogP contribution in [0.3, 0.4) is 0 Å². The lowest BCUT2D eigenvalue weighted by Crippen LogP contribution is -2.57. The summed E-state index contributed by atoms with van der Waals surface area (Å²) in [6, 6.07) is 3.12. The first-order valence-corrected chi connectivity index (χ1v) is 5.63. The third-order valence-corrected chi connectivity index (χ3v) is 2.72. The Morgan fingerprint density at radius 3 is 2.29 bits per heavy atom. The van der Waals surface area contributed by atoms with Crippen molar-refractivity contribution in [2.24, 2.45) is 0 Å². The first kappa shape index (κ1) is 14.0. The number of nitrogens with one attached hydrogen (secondary N) is 1. The van der Waals surface area contributed by atoms with Crippen molar-refractivity contribution in [3.05, 3.63) is 28.5 Å². The predicted octanol–water partition coefficient (Wildman–Crippen LogP) is -0.710. The van der Waals surface area contributed by atoms with Gasteiger partial charge in [-0.15, -0.1) is 0 Å². The van der Waals surface area contributed by atoms with Gasteiger partial charge in [0.1, 0.15) is 11.2 Å². The highest BCUT2D eigenvalue weighted by Crippen LogP contribution is 2.09. The van der Waals surface area contributed by atoms with E-state index in [1.165, 1.54) is 12.3 Å². The van der Waals surface area contributed by atoms with Crippen molar-refractivity contribution in [1.29, 1.82) is 0 Å². The second kappa shape index (κ2) is 6.06. The number of aromatic nitrogens is 1. The summed E-state index contributed by atoms with van der Waals surface area (Å²) < 4.78 is 0.729. The molecule has 0 spiro atoms. The van der Waals surface area contributed by atoms with Gasteiger partial charge in [0, 0.05) is 10.7 Å². The Balaban J connectivity index is 2.81. The zero-order valence-corrected chi connectivity index (χ0v) is 10.5. The molecule has 17 heavy (non-hydrogen) atoms. The molecule has 0 radical (unpaired) electrons. The number of nitrogens with zero attached hydrogens (tertiary/aromatic N) is 1. The quantitative estimate of drug-likeness (QED) is 0.575. The maximum absolute atomic E-state index is 11.7. The van der Waals surface area contributed by atoms with E-state index in [0.717, 1.165) is 4.47 Å². The second-order valence-corrected chi connectivity index (χ2v) is 4.49. The van der Waals surface area contributed by atoms with E-state index < -0.39 is 31.3 Å². The SMILES string of the molecule is O=C(NC(CO)(CO)CO)c1ccc(Br)cn1. The molecule has 0 aliphatic rings. The Morgan fingerprint density at radius 1 is 1.29 bits per heavy atom. The Labute approximate surface area is 106 Å². The molecule has 0 saturated heterocycles. The minimum absolute atomic E-state index is 0.132. The molecule has 7 heteroatoms. The number of aliphatic hydroxyl groups is 3. The highest BCUT2D eigenvalue weighted by atomic mass is 79.9. The van der Waals surface area contributed by atoms with Gasteiger partial charge in [-0.2, -0.15) is 0 Å². The minimum Gasteiger partial charge on any atom is -0.394 e. The molecule has 0 fully saturated rings. The van der Waals surface area contributed by atoms with Gasteiger partial charge >= 0.3 is 0 Å². The average molecular weight is 305 g/mol. The van der Waals surface area contributed by atoms with Crippen molar-refractivity contribution in [3.8, 4) is 0 Å². The molecule has 1 heterocycles. The van der Waals surface area contributed by atoms with Gasteiger partial charge < -0.3 is 20.6 Å². The van der Waals surface area contributed by atoms with Gasteiger partial charge in [0.05, 0.1) is 19.8 Å². The molecule has 0 saturated carbocycles. The molecule has 1 rings (SSSR count). The first-order valence-electron chi connectivity index (χ1n) is 4.83. The molecule has 0 atom stereocenters. The number of pyridine rings is 1. The third-order valence-electron chi connectivity index (χ3n) is 2.25. The van der Waals surface area contributed by atoms with Crippen LogP contribution in [-0.2, 0) is 0 Å². The van der Waals surface area contributed by atoms with Gasteiger partial charge in [-0.3, -0.25) is 4.79 Å². The van der Waals surface area contributed by atoms with Crippen molar-refractivity contribution in [1.82, 2.24) is 10.3 Å². The van der Waals surface area contributed by atoms with Crippen LogP contribution in [0.4, 0.5) is 0 Å². The summed E-state index contributed by atoms with van der Waals surface area (Å²) in [5, 5.41) is 29.5. The Hall–Kier alpha value is -1.02. The van der Waals surface area contributed by atoms with Crippen LogP contribution < -0.4 is 5.32 Å². The lowest BCUT2D eigenvalue weighted by molar-refractivity contribution is 0.0373. The molecule has 4 N–H and O–H groups in total. The molecule has 0 unspecified atom stereocenters. The molecule has 1 aromatic heterocycles. The fourth-order valence-corrected chi connectivity index (χ4v) is 1.32. The number of hydrogen-bond acceptors (Lipinski definition) is 5. The van der Waals surface area contributed by atoms with Crippen molar-refractivity contribution in [2.75, 3.05) is 19.8 Å². The van der Waals surface area contributed by atoms with E-state index in [0.29, 0.717) is 0 Å². The summed E-state index contributed by atoms with van der Waals surface area (Å²) in [6.07, 6.45) is 1.45. The highest BCUT2D eigenvalue weighted by Gasteiger charge is 2.30. The number of aliphatic hydroxyl groups excluding tert-OH is 3. The minimum atomic E-state index is -1.44. The van der Waals surface area contributed by atoms with Crippen LogP contribution in [0.15, 0.2) is 22.8 Å². The second-order valence-electron chi connectivity index (χ2n) is 3.57. The van der Waals surface area contributed by atoms with Gasteiger partial charge in [0.15, 0.2) is 0 Å². The molecule has 1 amide bonds. The third kappa shape index (κ3) is 3.47. The fraction of sp³-hybridized carbons (Fsp3) is 0.400. The van der Waals surface area contributed by atoms with Crippen molar-refractivity contribution in [3.63, 3.8) is 0 Å². The Morgan fingerprint density at radius 2 is 1.88 bits per heavy atom. The van der Waals surface area contributed by atoms with E-state index in [4.69, 9.17) is 15.3 Å². The first-order chi connectivity index (χ1) is 8.06. The van der Waals surface area contributed by atoms with Crippen LogP contribution in [0.2, 0.25) is 0 Å². The zero-order chi connectivity index (χ0) is 12.9. The monoisotopic (exact) mass is 304 g/mol. The van der Waals surface area contributed by atoms with Gasteiger partial charge in [-0.05, 0) is 28.1 Å². The number of rotatable bonds is 5. The maximum Gasteiger partial charge on any atom is 0.270 e. The summed E-state index contributed by atoms with van der Waals surface area (Å²) in [6.45, 7) is -1.70. The van der Waals surface area contributed by atoms with Crippen LogP contribution >= 0.6 is 15.9 Å². The number of halogens is 1. The molecule has 94 valence electrons. The van der Waals surface area contributed by atoms with E-state index in [2.05, 4.69) is 26.2 Å². The normalized spacial score (nSPS) is 11.3. The van der Waals surface area contributed by atoms with E-state index >= 15 is 0 Å². The van der Waals surface area contributed by atoms with E-state index in [1.54, 1.807) is 6.07 Å². The summed E-state index contributed by atoms with van der Waals surface area (Å²) in [7, 11) is 0. The van der Waals surface area contributed by atoms with Crippen LogP contribution in [-0.4, -0.2) is 51.6 Å². The Bertz CT molecular complexity index is 370. The van der Waals surface area contributed by atoms with Gasteiger partial charge in [0.25, 0.3) is 5.91 Å². The van der Waals surface area contributed by atoms with E-state index in [1.807, 2.05) is 0 Å². The van der Waals surface area contributed by atoms with Gasteiger partial charge in [0.2, 0.25) is 0 Å². The maximum atomic E-state index is 11.7. The summed E-state index contributed by atoms with van der Waals surface area (Å²) in [4.78, 5) is 15.6. The predicted molar refractivity (Wildman–Crippen MR) is 63.4 cm³/mol.